The first-order chi connectivity index (χ1) is 10.2. The van der Waals surface area contributed by atoms with E-state index in [1.807, 2.05) is 12.1 Å². The summed E-state index contributed by atoms with van der Waals surface area (Å²) < 4.78 is 10.7. The van der Waals surface area contributed by atoms with E-state index in [1.54, 1.807) is 14.2 Å². The Morgan fingerprint density at radius 2 is 2.00 bits per heavy atom. The number of amides is 1. The minimum Gasteiger partial charge on any atom is -0.493 e. The molecule has 1 heterocycles. The van der Waals surface area contributed by atoms with Gasteiger partial charge in [-0.25, -0.2) is 0 Å². The van der Waals surface area contributed by atoms with Crippen LogP contribution >= 0.6 is 0 Å². The van der Waals surface area contributed by atoms with E-state index in [4.69, 9.17) is 9.47 Å². The van der Waals surface area contributed by atoms with Gasteiger partial charge in [0.2, 0.25) is 5.91 Å². The number of carbonyl (C=O) groups excluding carboxylic acids is 1. The van der Waals surface area contributed by atoms with Gasteiger partial charge in [0.15, 0.2) is 11.5 Å². The lowest BCUT2D eigenvalue weighted by molar-refractivity contribution is -0.121. The Kier molecular flexibility index (Phi) is 4.01. The zero-order valence-corrected chi connectivity index (χ0v) is 12.6. The molecule has 1 aromatic carbocycles. The number of ether oxygens (including phenoxy) is 2. The molecule has 0 aromatic heterocycles. The summed E-state index contributed by atoms with van der Waals surface area (Å²) in [6.45, 7) is 0.879. The molecule has 0 bridgehead atoms. The van der Waals surface area contributed by atoms with Crippen LogP contribution in [0.15, 0.2) is 12.1 Å². The number of hydrogen-bond acceptors (Lipinski definition) is 4. The molecular weight excluding hydrogens is 268 g/mol. The number of methoxy groups -OCH3 is 2. The Morgan fingerprint density at radius 1 is 1.29 bits per heavy atom. The second kappa shape index (κ2) is 5.93. The summed E-state index contributed by atoms with van der Waals surface area (Å²) in [5.74, 6) is 1.59. The monoisotopic (exact) mass is 290 g/mol. The van der Waals surface area contributed by atoms with Crippen molar-refractivity contribution in [1.82, 2.24) is 10.6 Å². The average molecular weight is 290 g/mol. The van der Waals surface area contributed by atoms with Crippen molar-refractivity contribution in [3.63, 3.8) is 0 Å². The maximum atomic E-state index is 12.0. The Labute approximate surface area is 125 Å². The molecule has 1 unspecified atom stereocenters. The fourth-order valence-corrected chi connectivity index (χ4v) is 2.85. The quantitative estimate of drug-likeness (QED) is 0.864. The molecule has 2 aliphatic rings. The van der Waals surface area contributed by atoms with E-state index in [9.17, 15) is 4.79 Å². The Bertz CT molecular complexity index is 541. The van der Waals surface area contributed by atoms with E-state index in [1.165, 1.54) is 5.56 Å². The fraction of sp³-hybridized carbons (Fsp3) is 0.562. The SMILES string of the molecule is COc1cc2c(cc1OC)C(CC(=O)NC1CC1)NCC2. The van der Waals surface area contributed by atoms with Crippen molar-refractivity contribution in [2.24, 2.45) is 0 Å². The Balaban J connectivity index is 1.80. The Morgan fingerprint density at radius 3 is 2.67 bits per heavy atom. The standard InChI is InChI=1S/C16H22N2O3/c1-20-14-7-10-5-6-17-13(12(10)8-15(14)21-2)9-16(19)18-11-3-4-11/h7-8,11,13,17H,3-6,9H2,1-2H3,(H,18,19). The molecule has 1 saturated carbocycles. The first kappa shape index (κ1) is 14.2. The van der Waals surface area contributed by atoms with Gasteiger partial charge >= 0.3 is 0 Å². The van der Waals surface area contributed by atoms with Gasteiger partial charge in [-0.1, -0.05) is 0 Å². The number of rotatable bonds is 5. The van der Waals surface area contributed by atoms with Crippen LogP contribution in [0.4, 0.5) is 0 Å². The second-order valence-electron chi connectivity index (χ2n) is 5.71. The van der Waals surface area contributed by atoms with Crippen LogP contribution in [0, 0.1) is 0 Å². The lowest BCUT2D eigenvalue weighted by atomic mass is 9.91. The van der Waals surface area contributed by atoms with Crippen LogP contribution in [0.2, 0.25) is 0 Å². The predicted molar refractivity (Wildman–Crippen MR) is 79.8 cm³/mol. The third kappa shape index (κ3) is 3.13. The van der Waals surface area contributed by atoms with E-state index in [0.29, 0.717) is 18.2 Å². The summed E-state index contributed by atoms with van der Waals surface area (Å²) in [5.41, 5.74) is 2.38. The summed E-state index contributed by atoms with van der Waals surface area (Å²) in [7, 11) is 3.28. The van der Waals surface area contributed by atoms with E-state index >= 15 is 0 Å². The molecule has 0 spiro atoms. The zero-order chi connectivity index (χ0) is 14.8. The molecule has 114 valence electrons. The minimum absolute atomic E-state index is 0.0484. The van der Waals surface area contributed by atoms with Crippen LogP contribution in [0.1, 0.15) is 36.4 Å². The molecule has 0 radical (unpaired) electrons. The van der Waals surface area contributed by atoms with Crippen LogP contribution in [-0.4, -0.2) is 32.7 Å². The first-order valence-corrected chi connectivity index (χ1v) is 7.49. The van der Waals surface area contributed by atoms with Gasteiger partial charge in [0.25, 0.3) is 0 Å². The molecule has 2 N–H and O–H groups in total. The molecule has 1 aliphatic heterocycles. The van der Waals surface area contributed by atoms with Crippen molar-refractivity contribution in [2.75, 3.05) is 20.8 Å². The van der Waals surface area contributed by atoms with Crippen LogP contribution in [0.25, 0.3) is 0 Å². The number of nitrogens with one attached hydrogen (secondary N) is 2. The van der Waals surface area contributed by atoms with E-state index in [0.717, 1.165) is 37.1 Å². The summed E-state index contributed by atoms with van der Waals surface area (Å²) in [6.07, 6.45) is 3.65. The highest BCUT2D eigenvalue weighted by Crippen LogP contribution is 2.36. The van der Waals surface area contributed by atoms with E-state index in [-0.39, 0.29) is 11.9 Å². The van der Waals surface area contributed by atoms with Gasteiger partial charge in [0.05, 0.1) is 14.2 Å². The minimum atomic E-state index is 0.0484. The van der Waals surface area contributed by atoms with Gasteiger partial charge in [0, 0.05) is 18.5 Å². The highest BCUT2D eigenvalue weighted by Gasteiger charge is 2.27. The van der Waals surface area contributed by atoms with Gasteiger partial charge < -0.3 is 20.1 Å². The lowest BCUT2D eigenvalue weighted by Gasteiger charge is -2.27. The van der Waals surface area contributed by atoms with Crippen molar-refractivity contribution in [1.29, 1.82) is 0 Å². The van der Waals surface area contributed by atoms with Gasteiger partial charge in [-0.15, -0.1) is 0 Å². The zero-order valence-electron chi connectivity index (χ0n) is 12.6. The van der Waals surface area contributed by atoms with Crippen LogP contribution in [-0.2, 0) is 11.2 Å². The van der Waals surface area contributed by atoms with Crippen LogP contribution in [0.3, 0.4) is 0 Å². The average Bonchev–Trinajstić information content (AvgIpc) is 3.30. The predicted octanol–water partition coefficient (Wildman–Crippen LogP) is 1.56. The molecule has 1 aromatic rings. The summed E-state index contributed by atoms with van der Waals surface area (Å²) in [4.78, 5) is 12.0. The molecule has 21 heavy (non-hydrogen) atoms. The summed E-state index contributed by atoms with van der Waals surface area (Å²) in [5, 5.41) is 6.48. The van der Waals surface area contributed by atoms with Gasteiger partial charge in [0.1, 0.15) is 0 Å². The van der Waals surface area contributed by atoms with Crippen LogP contribution < -0.4 is 20.1 Å². The molecule has 0 saturated heterocycles. The highest BCUT2D eigenvalue weighted by molar-refractivity contribution is 5.77. The molecule has 5 nitrogen and oxygen atoms in total. The molecular formula is C16H22N2O3. The van der Waals surface area contributed by atoms with Crippen molar-refractivity contribution in [3.8, 4) is 11.5 Å². The molecule has 1 atom stereocenters. The third-order valence-electron chi connectivity index (χ3n) is 4.14. The number of hydrogen-bond donors (Lipinski definition) is 2. The largest absolute Gasteiger partial charge is 0.493 e. The normalized spacial score (nSPS) is 20.6. The molecule has 3 rings (SSSR count). The van der Waals surface area contributed by atoms with Gasteiger partial charge in [-0.2, -0.15) is 0 Å². The third-order valence-corrected chi connectivity index (χ3v) is 4.14. The second-order valence-corrected chi connectivity index (χ2v) is 5.71. The molecule has 1 fully saturated rings. The van der Waals surface area contributed by atoms with Crippen molar-refractivity contribution >= 4 is 5.91 Å². The van der Waals surface area contributed by atoms with E-state index < -0.39 is 0 Å². The maximum absolute atomic E-state index is 12.0. The van der Waals surface area contributed by atoms with Crippen molar-refractivity contribution in [3.05, 3.63) is 23.3 Å². The number of benzene rings is 1. The number of fused-ring (bicyclic) bond motifs is 1. The first-order valence-electron chi connectivity index (χ1n) is 7.49. The van der Waals surface area contributed by atoms with Gasteiger partial charge in [-0.3, -0.25) is 4.79 Å². The van der Waals surface area contributed by atoms with Gasteiger partial charge in [-0.05, 0) is 49.1 Å². The van der Waals surface area contributed by atoms with Crippen molar-refractivity contribution in [2.45, 2.75) is 37.8 Å². The maximum Gasteiger partial charge on any atom is 0.222 e. The lowest BCUT2D eigenvalue weighted by Crippen LogP contribution is -2.35. The smallest absolute Gasteiger partial charge is 0.222 e. The molecule has 1 amide bonds. The fourth-order valence-electron chi connectivity index (χ4n) is 2.85. The Hall–Kier alpha value is -1.75. The number of carbonyl (C=O) groups is 1. The highest BCUT2D eigenvalue weighted by atomic mass is 16.5. The molecule has 1 aliphatic carbocycles. The molecule has 5 heteroatoms. The summed E-state index contributed by atoms with van der Waals surface area (Å²) >= 11 is 0. The van der Waals surface area contributed by atoms with Crippen molar-refractivity contribution < 1.29 is 14.3 Å². The van der Waals surface area contributed by atoms with E-state index in [2.05, 4.69) is 10.6 Å². The topological polar surface area (TPSA) is 59.6 Å². The van der Waals surface area contributed by atoms with Crippen LogP contribution in [0.5, 0.6) is 11.5 Å². The summed E-state index contributed by atoms with van der Waals surface area (Å²) in [6, 6.07) is 4.48.